The molecule has 4 bridgehead atoms. The first kappa shape index (κ1) is 28.8. The van der Waals surface area contributed by atoms with Gasteiger partial charge < -0.3 is 26.4 Å². The van der Waals surface area contributed by atoms with Gasteiger partial charge in [-0.2, -0.15) is 0 Å². The summed E-state index contributed by atoms with van der Waals surface area (Å²) in [6.45, 7) is 8.53. The number of carbonyl (C=O) groups is 3. The van der Waals surface area contributed by atoms with Crippen molar-refractivity contribution in [1.82, 2.24) is 30.8 Å². The first-order valence-corrected chi connectivity index (χ1v) is 14.3. The summed E-state index contributed by atoms with van der Waals surface area (Å²) < 4.78 is 5.37. The van der Waals surface area contributed by atoms with E-state index in [1.807, 2.05) is 32.0 Å². The number of hydrogen-bond acceptors (Lipinski definition) is 9. The van der Waals surface area contributed by atoms with Gasteiger partial charge in [-0.25, -0.2) is 9.97 Å². The first-order chi connectivity index (χ1) is 18.8. The van der Waals surface area contributed by atoms with Gasteiger partial charge in [0, 0.05) is 56.0 Å². The van der Waals surface area contributed by atoms with Crippen LogP contribution in [0.3, 0.4) is 0 Å². The van der Waals surface area contributed by atoms with E-state index in [1.54, 1.807) is 0 Å². The average Bonchev–Trinajstić information content (AvgIpc) is 2.90. The van der Waals surface area contributed by atoms with E-state index < -0.39 is 6.04 Å². The second kappa shape index (κ2) is 13.7. The predicted octanol–water partition coefficient (Wildman–Crippen LogP) is 1.28. The molecule has 1 saturated heterocycles. The van der Waals surface area contributed by atoms with Crippen LogP contribution in [0.4, 0.5) is 5.95 Å². The van der Waals surface area contributed by atoms with E-state index in [1.165, 1.54) is 11.8 Å². The molecule has 0 radical (unpaired) electrons. The van der Waals surface area contributed by atoms with E-state index in [0.29, 0.717) is 61.2 Å². The molecule has 1 aromatic heterocycles. The molecular formula is C27H37N7O4S. The Morgan fingerprint density at radius 3 is 2.72 bits per heavy atom. The molecule has 4 rings (SSSR count). The first-order valence-electron chi connectivity index (χ1n) is 13.3. The standard InChI is InChI=1S/C27H37N7O4S/c1-17-14-18(2)20-15-19(17)22-16-24(33-27(28)32-22)39-13-5-23(35)31-21(4-3-6-29-25(20)36)26(37)30-7-8-34-9-11-38-12-10-34/h14-16,21H,3-13H2,1-2H3,(H,29,36)(H,30,37)(H,31,35)(H2,28,32,33). The molecule has 2 aliphatic heterocycles. The number of aryl methyl sites for hydroxylation is 2. The predicted molar refractivity (Wildman–Crippen MR) is 150 cm³/mol. The second-order valence-electron chi connectivity index (χ2n) is 9.79. The van der Waals surface area contributed by atoms with Crippen LogP contribution in [0.5, 0.6) is 0 Å². The van der Waals surface area contributed by atoms with Crippen LogP contribution in [0.1, 0.15) is 40.7 Å². The van der Waals surface area contributed by atoms with Gasteiger partial charge in [0.15, 0.2) is 0 Å². The number of rotatable bonds is 4. The third-order valence-electron chi connectivity index (χ3n) is 6.83. The minimum Gasteiger partial charge on any atom is -0.379 e. The number of nitrogens with two attached hydrogens (primary N) is 1. The van der Waals surface area contributed by atoms with Gasteiger partial charge in [-0.3, -0.25) is 19.3 Å². The summed E-state index contributed by atoms with van der Waals surface area (Å²) in [5.41, 5.74) is 9.81. The summed E-state index contributed by atoms with van der Waals surface area (Å²) in [5, 5.41) is 9.43. The van der Waals surface area contributed by atoms with Crippen molar-refractivity contribution in [3.8, 4) is 11.3 Å². The maximum absolute atomic E-state index is 13.1. The number of morpholine rings is 1. The molecule has 11 nitrogen and oxygen atoms in total. The van der Waals surface area contributed by atoms with Gasteiger partial charge in [0.05, 0.1) is 18.9 Å². The number of carbonyl (C=O) groups excluding carboxylic acids is 3. The minimum absolute atomic E-state index is 0.122. The van der Waals surface area contributed by atoms with Crippen LogP contribution in [0.15, 0.2) is 23.2 Å². The van der Waals surface area contributed by atoms with Gasteiger partial charge in [0.2, 0.25) is 17.8 Å². The van der Waals surface area contributed by atoms with Crippen molar-refractivity contribution in [3.63, 3.8) is 0 Å². The summed E-state index contributed by atoms with van der Waals surface area (Å²) in [6, 6.07) is 4.93. The lowest BCUT2D eigenvalue weighted by atomic mass is 9.97. The summed E-state index contributed by atoms with van der Waals surface area (Å²) in [7, 11) is 0. The number of thioether (sulfide) groups is 1. The van der Waals surface area contributed by atoms with Crippen LogP contribution in [-0.2, 0) is 14.3 Å². The lowest BCUT2D eigenvalue weighted by molar-refractivity contribution is -0.129. The van der Waals surface area contributed by atoms with Gasteiger partial charge in [0.1, 0.15) is 11.1 Å². The molecule has 1 fully saturated rings. The molecule has 1 atom stereocenters. The molecule has 0 spiro atoms. The van der Waals surface area contributed by atoms with Crippen LogP contribution in [0.2, 0.25) is 0 Å². The lowest BCUT2D eigenvalue weighted by Crippen LogP contribution is -2.49. The molecule has 5 N–H and O–H groups in total. The van der Waals surface area contributed by atoms with Crippen molar-refractivity contribution >= 4 is 35.4 Å². The molecule has 3 amide bonds. The van der Waals surface area contributed by atoms with Crippen LogP contribution in [0.25, 0.3) is 11.3 Å². The van der Waals surface area contributed by atoms with Crippen molar-refractivity contribution in [2.75, 3.05) is 57.4 Å². The highest BCUT2D eigenvalue weighted by Gasteiger charge is 2.22. The van der Waals surface area contributed by atoms with Gasteiger partial charge in [0.25, 0.3) is 5.91 Å². The third kappa shape index (κ3) is 8.13. The number of ether oxygens (including phenoxy) is 1. The van der Waals surface area contributed by atoms with E-state index in [0.717, 1.165) is 36.3 Å². The highest BCUT2D eigenvalue weighted by molar-refractivity contribution is 7.99. The summed E-state index contributed by atoms with van der Waals surface area (Å²) in [5.74, 6) is -0.0571. The molecule has 210 valence electrons. The van der Waals surface area contributed by atoms with Crippen molar-refractivity contribution in [2.45, 2.75) is 44.2 Å². The second-order valence-corrected chi connectivity index (χ2v) is 10.9. The SMILES string of the molecule is Cc1cc(C)c2cc1C(=O)NCCCC(C(=O)NCCN1CCOCC1)NC(=O)CCSc1cc-2nc(N)n1. The van der Waals surface area contributed by atoms with Gasteiger partial charge in [-0.1, -0.05) is 6.07 Å². The fourth-order valence-corrected chi connectivity index (χ4v) is 5.55. The third-order valence-corrected chi connectivity index (χ3v) is 7.74. The lowest BCUT2D eigenvalue weighted by Gasteiger charge is -2.27. The zero-order valence-electron chi connectivity index (χ0n) is 22.5. The van der Waals surface area contributed by atoms with Gasteiger partial charge in [-0.05, 0) is 49.9 Å². The maximum atomic E-state index is 13.1. The molecule has 3 heterocycles. The Bertz CT molecular complexity index is 1200. The quantitative estimate of drug-likeness (QED) is 0.409. The van der Waals surface area contributed by atoms with Gasteiger partial charge in [-0.15, -0.1) is 11.8 Å². The molecule has 1 unspecified atom stereocenters. The fourth-order valence-electron chi connectivity index (χ4n) is 4.70. The zero-order valence-corrected chi connectivity index (χ0v) is 23.4. The molecule has 2 aromatic rings. The Hall–Kier alpha value is -3.22. The fraction of sp³-hybridized carbons (Fsp3) is 0.519. The number of hydrogen-bond donors (Lipinski definition) is 4. The number of nitrogen functional groups attached to an aromatic ring is 1. The van der Waals surface area contributed by atoms with Crippen molar-refractivity contribution < 1.29 is 19.1 Å². The largest absolute Gasteiger partial charge is 0.379 e. The summed E-state index contributed by atoms with van der Waals surface area (Å²) in [4.78, 5) is 49.8. The Balaban J connectivity index is 1.48. The Morgan fingerprint density at radius 1 is 1.15 bits per heavy atom. The number of amides is 3. The highest BCUT2D eigenvalue weighted by Crippen LogP contribution is 2.29. The van der Waals surface area contributed by atoms with Crippen LogP contribution < -0.4 is 21.7 Å². The van der Waals surface area contributed by atoms with Crippen molar-refractivity contribution in [1.29, 1.82) is 0 Å². The van der Waals surface area contributed by atoms with Crippen LogP contribution in [0, 0.1) is 13.8 Å². The van der Waals surface area contributed by atoms with Gasteiger partial charge >= 0.3 is 0 Å². The highest BCUT2D eigenvalue weighted by atomic mass is 32.2. The van der Waals surface area contributed by atoms with E-state index in [2.05, 4.69) is 30.8 Å². The topological polar surface area (TPSA) is 152 Å². The number of benzene rings is 1. The van der Waals surface area contributed by atoms with Crippen LogP contribution in [-0.4, -0.2) is 90.3 Å². The average molecular weight is 556 g/mol. The molecular weight excluding hydrogens is 518 g/mol. The molecule has 0 saturated carbocycles. The van der Waals surface area contributed by atoms with E-state index in [-0.39, 0.29) is 30.1 Å². The molecule has 2 aliphatic rings. The monoisotopic (exact) mass is 555 g/mol. The Kier molecular flexibility index (Phi) is 10.1. The summed E-state index contributed by atoms with van der Waals surface area (Å²) in [6.07, 6.45) is 1.15. The molecule has 12 heteroatoms. The number of aromatic nitrogens is 2. The maximum Gasteiger partial charge on any atom is 0.251 e. The Labute approximate surface area is 233 Å². The van der Waals surface area contributed by atoms with Crippen molar-refractivity contribution in [2.24, 2.45) is 0 Å². The number of nitrogens with one attached hydrogen (secondary N) is 3. The smallest absolute Gasteiger partial charge is 0.251 e. The van der Waals surface area contributed by atoms with Crippen molar-refractivity contribution in [3.05, 3.63) is 34.9 Å². The van der Waals surface area contributed by atoms with Crippen LogP contribution >= 0.6 is 11.8 Å². The molecule has 1 aromatic carbocycles. The van der Waals surface area contributed by atoms with E-state index in [9.17, 15) is 14.4 Å². The summed E-state index contributed by atoms with van der Waals surface area (Å²) >= 11 is 1.39. The number of nitrogens with zero attached hydrogens (tertiary/aromatic N) is 3. The number of fused-ring (bicyclic) bond motifs is 5. The number of anilines is 1. The zero-order chi connectivity index (χ0) is 27.8. The molecule has 39 heavy (non-hydrogen) atoms. The normalized spacial score (nSPS) is 19.5. The molecule has 0 aliphatic carbocycles. The van der Waals surface area contributed by atoms with E-state index in [4.69, 9.17) is 10.5 Å². The van der Waals surface area contributed by atoms with E-state index >= 15 is 0 Å². The minimum atomic E-state index is -0.686. The Morgan fingerprint density at radius 2 is 1.92 bits per heavy atom.